The van der Waals surface area contributed by atoms with Crippen LogP contribution in [0.15, 0.2) is 12.4 Å². The van der Waals surface area contributed by atoms with E-state index in [9.17, 15) is 4.79 Å². The van der Waals surface area contributed by atoms with Crippen LogP contribution in [-0.4, -0.2) is 47.5 Å². The van der Waals surface area contributed by atoms with Gasteiger partial charge in [0.1, 0.15) is 11.5 Å². The van der Waals surface area contributed by atoms with Gasteiger partial charge in [-0.1, -0.05) is 0 Å². The van der Waals surface area contributed by atoms with Gasteiger partial charge in [-0.15, -0.1) is 0 Å². The van der Waals surface area contributed by atoms with Crippen LogP contribution in [0.4, 0.5) is 5.82 Å². The van der Waals surface area contributed by atoms with Crippen molar-refractivity contribution in [3.8, 4) is 0 Å². The molecule has 6 heteroatoms. The lowest BCUT2D eigenvalue weighted by atomic mass is 9.95. The third kappa shape index (κ3) is 4.17. The summed E-state index contributed by atoms with van der Waals surface area (Å²) in [5, 5.41) is 3.20. The van der Waals surface area contributed by atoms with Crippen LogP contribution in [0.25, 0.3) is 0 Å². The molecule has 1 aromatic heterocycles. The molecule has 2 rings (SSSR count). The second-order valence-corrected chi connectivity index (χ2v) is 5.14. The first-order valence-electron chi connectivity index (χ1n) is 6.69. The van der Waals surface area contributed by atoms with Crippen LogP contribution in [0.2, 0.25) is 0 Å². The first-order chi connectivity index (χ1) is 9.15. The molecule has 0 bridgehead atoms. The van der Waals surface area contributed by atoms with Gasteiger partial charge in [-0.25, -0.2) is 4.98 Å². The first-order valence-corrected chi connectivity index (χ1v) is 6.69. The molecule has 6 nitrogen and oxygen atoms in total. The van der Waals surface area contributed by atoms with E-state index in [1.165, 1.54) is 25.6 Å². The number of amides is 1. The number of nitrogens with zero attached hydrogens (tertiary/aromatic N) is 3. The maximum Gasteiger partial charge on any atom is 0.268 e. The van der Waals surface area contributed by atoms with Crippen LogP contribution in [0, 0.1) is 5.92 Å². The molecule has 1 aromatic rings. The summed E-state index contributed by atoms with van der Waals surface area (Å²) in [6.45, 7) is 3.21. The molecule has 19 heavy (non-hydrogen) atoms. The van der Waals surface area contributed by atoms with E-state index in [2.05, 4.69) is 27.2 Å². The summed E-state index contributed by atoms with van der Waals surface area (Å²) >= 11 is 0. The summed E-state index contributed by atoms with van der Waals surface area (Å²) < 4.78 is 0. The Labute approximate surface area is 113 Å². The summed E-state index contributed by atoms with van der Waals surface area (Å²) in [7, 11) is 2.17. The Kier molecular flexibility index (Phi) is 4.68. The van der Waals surface area contributed by atoms with Crippen LogP contribution >= 0.6 is 0 Å². The molecule has 104 valence electrons. The molecule has 0 spiro atoms. The quantitative estimate of drug-likeness (QED) is 0.817. The molecule has 1 unspecified atom stereocenters. The molecule has 3 N–H and O–H groups in total. The molecule has 1 atom stereocenters. The normalized spacial score (nSPS) is 20.2. The molecule has 1 saturated heterocycles. The van der Waals surface area contributed by atoms with Gasteiger partial charge in [-0.2, -0.15) is 0 Å². The summed E-state index contributed by atoms with van der Waals surface area (Å²) in [6, 6.07) is 0. The molecule has 2 heterocycles. The molecular formula is C13H21N5O. The van der Waals surface area contributed by atoms with Crippen LogP contribution in [0.3, 0.4) is 0 Å². The number of hydrogen-bond acceptors (Lipinski definition) is 5. The summed E-state index contributed by atoms with van der Waals surface area (Å²) in [4.78, 5) is 21.4. The zero-order valence-electron chi connectivity index (χ0n) is 11.3. The zero-order valence-corrected chi connectivity index (χ0v) is 11.3. The van der Waals surface area contributed by atoms with Crippen molar-refractivity contribution in [2.45, 2.75) is 19.3 Å². The van der Waals surface area contributed by atoms with Crippen LogP contribution < -0.4 is 11.1 Å². The highest BCUT2D eigenvalue weighted by atomic mass is 16.1. The van der Waals surface area contributed by atoms with Gasteiger partial charge in [0, 0.05) is 13.1 Å². The standard InChI is InChI=1S/C13H21N5O/c1-18-6-2-3-10(9-18)4-5-16-12-8-15-7-11(17-12)13(14)19/h7-8,10H,2-6,9H2,1H3,(H2,14,19)(H,16,17). The van der Waals surface area contributed by atoms with E-state index in [-0.39, 0.29) is 5.69 Å². The number of carbonyl (C=O) groups excluding carboxylic acids is 1. The highest BCUT2D eigenvalue weighted by Gasteiger charge is 2.16. The van der Waals surface area contributed by atoms with Crippen molar-refractivity contribution in [3.05, 3.63) is 18.1 Å². The monoisotopic (exact) mass is 263 g/mol. The van der Waals surface area contributed by atoms with E-state index in [1.807, 2.05) is 0 Å². The van der Waals surface area contributed by atoms with Gasteiger partial charge in [-0.3, -0.25) is 9.78 Å². The van der Waals surface area contributed by atoms with Gasteiger partial charge in [0.2, 0.25) is 0 Å². The summed E-state index contributed by atoms with van der Waals surface area (Å²) in [5.41, 5.74) is 5.37. The van der Waals surface area contributed by atoms with Gasteiger partial charge in [0.25, 0.3) is 5.91 Å². The molecule has 1 aliphatic rings. The van der Waals surface area contributed by atoms with Crippen LogP contribution in [0.1, 0.15) is 29.8 Å². The van der Waals surface area contributed by atoms with Gasteiger partial charge < -0.3 is 16.0 Å². The van der Waals surface area contributed by atoms with Crippen LogP contribution in [0.5, 0.6) is 0 Å². The van der Waals surface area contributed by atoms with Crippen LogP contribution in [-0.2, 0) is 0 Å². The maximum absolute atomic E-state index is 11.0. The van der Waals surface area contributed by atoms with E-state index in [4.69, 9.17) is 5.73 Å². The molecular weight excluding hydrogens is 242 g/mol. The van der Waals surface area contributed by atoms with Gasteiger partial charge in [-0.05, 0) is 38.8 Å². The van der Waals surface area contributed by atoms with Crippen molar-refractivity contribution in [2.24, 2.45) is 11.7 Å². The van der Waals surface area contributed by atoms with Crippen molar-refractivity contribution >= 4 is 11.7 Å². The molecule has 0 saturated carbocycles. The summed E-state index contributed by atoms with van der Waals surface area (Å²) in [6.07, 6.45) is 6.66. The van der Waals surface area contributed by atoms with Gasteiger partial charge in [0.05, 0.1) is 12.4 Å². The smallest absolute Gasteiger partial charge is 0.268 e. The molecule has 1 fully saturated rings. The predicted molar refractivity (Wildman–Crippen MR) is 73.9 cm³/mol. The number of aromatic nitrogens is 2. The third-order valence-corrected chi connectivity index (χ3v) is 3.47. The van der Waals surface area contributed by atoms with E-state index in [1.54, 1.807) is 6.20 Å². The van der Waals surface area contributed by atoms with Gasteiger partial charge in [0.15, 0.2) is 0 Å². The SMILES string of the molecule is CN1CCCC(CCNc2cncc(C(N)=O)n2)C1. The van der Waals surface area contributed by atoms with E-state index in [0.717, 1.165) is 25.4 Å². The average Bonchev–Trinajstić information content (AvgIpc) is 2.39. The second kappa shape index (κ2) is 6.47. The number of rotatable bonds is 5. The van der Waals surface area contributed by atoms with Crippen molar-refractivity contribution in [2.75, 3.05) is 32.0 Å². The zero-order chi connectivity index (χ0) is 13.7. The van der Waals surface area contributed by atoms with E-state index in [0.29, 0.717) is 5.82 Å². The van der Waals surface area contributed by atoms with Crippen molar-refractivity contribution in [1.82, 2.24) is 14.9 Å². The minimum Gasteiger partial charge on any atom is -0.369 e. The largest absolute Gasteiger partial charge is 0.369 e. The molecule has 1 aliphatic heterocycles. The van der Waals surface area contributed by atoms with Crippen molar-refractivity contribution < 1.29 is 4.79 Å². The second-order valence-electron chi connectivity index (χ2n) is 5.14. The first kappa shape index (κ1) is 13.7. The Morgan fingerprint density at radius 2 is 2.42 bits per heavy atom. The number of piperidine rings is 1. The molecule has 1 amide bonds. The fourth-order valence-electron chi connectivity index (χ4n) is 2.48. The van der Waals surface area contributed by atoms with E-state index < -0.39 is 5.91 Å². The Morgan fingerprint density at radius 3 is 3.16 bits per heavy atom. The average molecular weight is 263 g/mol. The lowest BCUT2D eigenvalue weighted by molar-refractivity contribution is 0.0995. The number of anilines is 1. The molecule has 0 aliphatic carbocycles. The number of carbonyl (C=O) groups is 1. The lowest BCUT2D eigenvalue weighted by Crippen LogP contribution is -2.32. The Balaban J connectivity index is 1.79. The Hall–Kier alpha value is -1.69. The number of nitrogens with one attached hydrogen (secondary N) is 1. The van der Waals surface area contributed by atoms with E-state index >= 15 is 0 Å². The summed E-state index contributed by atoms with van der Waals surface area (Å²) in [5.74, 6) is 0.795. The highest BCUT2D eigenvalue weighted by Crippen LogP contribution is 2.18. The lowest BCUT2D eigenvalue weighted by Gasteiger charge is -2.29. The maximum atomic E-state index is 11.0. The Morgan fingerprint density at radius 1 is 1.58 bits per heavy atom. The number of primary amides is 1. The number of hydrogen-bond donors (Lipinski definition) is 2. The van der Waals surface area contributed by atoms with Gasteiger partial charge >= 0.3 is 0 Å². The molecule has 0 radical (unpaired) electrons. The predicted octanol–water partition coefficient (Wildman–Crippen LogP) is 0.719. The highest BCUT2D eigenvalue weighted by molar-refractivity contribution is 5.90. The van der Waals surface area contributed by atoms with Crippen molar-refractivity contribution in [1.29, 1.82) is 0 Å². The minimum absolute atomic E-state index is 0.197. The topological polar surface area (TPSA) is 84.1 Å². The minimum atomic E-state index is -0.551. The van der Waals surface area contributed by atoms with Crippen molar-refractivity contribution in [3.63, 3.8) is 0 Å². The third-order valence-electron chi connectivity index (χ3n) is 3.47. The Bertz CT molecular complexity index is 437. The number of nitrogens with two attached hydrogens (primary N) is 1. The molecule has 0 aromatic carbocycles. The fraction of sp³-hybridized carbons (Fsp3) is 0.615. The fourth-order valence-corrected chi connectivity index (χ4v) is 2.48. The number of likely N-dealkylation sites (tertiary alicyclic amines) is 1.